The number of para-hydroxylation sites is 1. The highest BCUT2D eigenvalue weighted by atomic mass is 16.6. The molecule has 7 nitrogen and oxygen atoms in total. The quantitative estimate of drug-likeness (QED) is 0.515. The molecule has 1 aromatic heterocycles. The van der Waals surface area contributed by atoms with Crippen molar-refractivity contribution in [2.24, 2.45) is 5.10 Å². The maximum atomic E-state index is 11.7. The van der Waals surface area contributed by atoms with E-state index in [1.54, 1.807) is 12.1 Å². The van der Waals surface area contributed by atoms with Gasteiger partial charge in [-0.15, -0.1) is 0 Å². The number of nitrogens with one attached hydrogen (secondary N) is 1. The Balaban J connectivity index is 2.10. The van der Waals surface area contributed by atoms with Gasteiger partial charge in [-0.1, -0.05) is 12.1 Å². The number of nitro benzene ring substituents is 1. The van der Waals surface area contributed by atoms with Crippen molar-refractivity contribution in [1.29, 1.82) is 0 Å². The van der Waals surface area contributed by atoms with Crippen molar-refractivity contribution < 1.29 is 14.1 Å². The first-order valence-corrected chi connectivity index (χ1v) is 5.29. The fraction of sp³-hybridized carbons (Fsp3) is 0. The van der Waals surface area contributed by atoms with Crippen LogP contribution in [0, 0.1) is 10.1 Å². The average molecular weight is 259 g/mol. The minimum Gasteiger partial charge on any atom is -0.463 e. The summed E-state index contributed by atoms with van der Waals surface area (Å²) in [6.45, 7) is 0. The van der Waals surface area contributed by atoms with Gasteiger partial charge in [0.25, 0.3) is 11.6 Å². The molecule has 96 valence electrons. The Morgan fingerprint density at radius 1 is 1.32 bits per heavy atom. The molecule has 1 heterocycles. The van der Waals surface area contributed by atoms with Crippen molar-refractivity contribution >= 4 is 17.8 Å². The fourth-order valence-corrected chi connectivity index (χ4v) is 1.40. The van der Waals surface area contributed by atoms with E-state index in [9.17, 15) is 14.9 Å². The predicted octanol–water partition coefficient (Wildman–Crippen LogP) is 1.95. The molecule has 0 bridgehead atoms. The van der Waals surface area contributed by atoms with Gasteiger partial charge in [0.1, 0.15) is 11.3 Å². The molecule has 1 aromatic carbocycles. The van der Waals surface area contributed by atoms with E-state index in [2.05, 4.69) is 10.5 Å². The van der Waals surface area contributed by atoms with E-state index in [1.807, 2.05) is 0 Å². The molecule has 0 spiro atoms. The number of amides is 1. The van der Waals surface area contributed by atoms with Crippen LogP contribution in [-0.4, -0.2) is 17.0 Å². The summed E-state index contributed by atoms with van der Waals surface area (Å²) in [5.74, 6) is -0.196. The number of hydrazone groups is 1. The van der Waals surface area contributed by atoms with Gasteiger partial charge in [0.05, 0.1) is 17.4 Å². The number of furan rings is 1. The van der Waals surface area contributed by atoms with Crippen LogP contribution in [0.2, 0.25) is 0 Å². The fourth-order valence-electron chi connectivity index (χ4n) is 1.40. The smallest absolute Gasteiger partial charge is 0.282 e. The lowest BCUT2D eigenvalue weighted by Gasteiger charge is -2.00. The zero-order valence-electron chi connectivity index (χ0n) is 9.65. The standard InChI is InChI=1S/C12H9N3O4/c16-12(14-13-8-9-4-3-7-19-9)10-5-1-2-6-11(10)15(17)18/h1-8H,(H,14,16). The molecule has 0 saturated heterocycles. The van der Waals surface area contributed by atoms with Gasteiger partial charge in [0.2, 0.25) is 0 Å². The zero-order chi connectivity index (χ0) is 13.7. The van der Waals surface area contributed by atoms with E-state index in [1.165, 1.54) is 36.7 Å². The number of rotatable bonds is 4. The van der Waals surface area contributed by atoms with Crippen molar-refractivity contribution in [3.05, 3.63) is 64.1 Å². The number of benzene rings is 1. The molecular formula is C12H9N3O4. The molecule has 0 aliphatic heterocycles. The predicted molar refractivity (Wildman–Crippen MR) is 66.9 cm³/mol. The van der Waals surface area contributed by atoms with Crippen LogP contribution in [0.25, 0.3) is 0 Å². The lowest BCUT2D eigenvalue weighted by Crippen LogP contribution is -2.18. The van der Waals surface area contributed by atoms with Crippen LogP contribution in [0.5, 0.6) is 0 Å². The summed E-state index contributed by atoms with van der Waals surface area (Å²) in [7, 11) is 0. The number of hydrogen-bond acceptors (Lipinski definition) is 5. The van der Waals surface area contributed by atoms with Crippen LogP contribution >= 0.6 is 0 Å². The number of carbonyl (C=O) groups excluding carboxylic acids is 1. The molecule has 0 atom stereocenters. The molecule has 2 rings (SSSR count). The molecule has 19 heavy (non-hydrogen) atoms. The molecule has 1 N–H and O–H groups in total. The first-order valence-electron chi connectivity index (χ1n) is 5.29. The van der Waals surface area contributed by atoms with Crippen LogP contribution in [0.3, 0.4) is 0 Å². The summed E-state index contributed by atoms with van der Waals surface area (Å²) < 4.78 is 4.97. The third-order valence-corrected chi connectivity index (χ3v) is 2.25. The molecule has 0 unspecified atom stereocenters. The lowest BCUT2D eigenvalue weighted by atomic mass is 10.2. The van der Waals surface area contributed by atoms with Crippen molar-refractivity contribution in [3.63, 3.8) is 0 Å². The van der Waals surface area contributed by atoms with Crippen molar-refractivity contribution in [2.45, 2.75) is 0 Å². The summed E-state index contributed by atoms with van der Waals surface area (Å²) in [4.78, 5) is 21.9. The number of nitro groups is 1. The Kier molecular flexibility index (Phi) is 3.67. The lowest BCUT2D eigenvalue weighted by molar-refractivity contribution is -0.385. The monoisotopic (exact) mass is 259 g/mol. The van der Waals surface area contributed by atoms with Gasteiger partial charge >= 0.3 is 0 Å². The molecule has 0 aliphatic carbocycles. The van der Waals surface area contributed by atoms with Gasteiger partial charge in [-0.2, -0.15) is 5.10 Å². The number of hydrogen-bond donors (Lipinski definition) is 1. The summed E-state index contributed by atoms with van der Waals surface area (Å²) >= 11 is 0. The van der Waals surface area contributed by atoms with Crippen molar-refractivity contribution in [3.8, 4) is 0 Å². The van der Waals surface area contributed by atoms with Crippen LogP contribution in [0.15, 0.2) is 52.2 Å². The third-order valence-electron chi connectivity index (χ3n) is 2.25. The van der Waals surface area contributed by atoms with Gasteiger partial charge in [0.15, 0.2) is 0 Å². The average Bonchev–Trinajstić information content (AvgIpc) is 2.91. The van der Waals surface area contributed by atoms with Crippen molar-refractivity contribution in [2.75, 3.05) is 0 Å². The van der Waals surface area contributed by atoms with Crippen LogP contribution in [0.4, 0.5) is 5.69 Å². The Hall–Kier alpha value is -2.96. The van der Waals surface area contributed by atoms with Gasteiger partial charge in [-0.05, 0) is 18.2 Å². The Morgan fingerprint density at radius 2 is 2.11 bits per heavy atom. The minimum absolute atomic E-state index is 0.0518. The molecule has 1 amide bonds. The topological polar surface area (TPSA) is 97.7 Å². The maximum Gasteiger partial charge on any atom is 0.282 e. The summed E-state index contributed by atoms with van der Waals surface area (Å²) in [6.07, 6.45) is 2.76. The Bertz CT molecular complexity index is 620. The second-order valence-electron chi connectivity index (χ2n) is 3.49. The van der Waals surface area contributed by atoms with Crippen LogP contribution in [0.1, 0.15) is 16.1 Å². The maximum absolute atomic E-state index is 11.7. The van der Waals surface area contributed by atoms with Gasteiger partial charge in [-0.25, -0.2) is 5.43 Å². The summed E-state index contributed by atoms with van der Waals surface area (Å²) in [5.41, 5.74) is 1.88. The largest absolute Gasteiger partial charge is 0.463 e. The molecule has 0 radical (unpaired) electrons. The zero-order valence-corrected chi connectivity index (χ0v) is 9.65. The highest BCUT2D eigenvalue weighted by Crippen LogP contribution is 2.17. The first kappa shape index (κ1) is 12.5. The number of nitrogens with zero attached hydrogens (tertiary/aromatic N) is 2. The second kappa shape index (κ2) is 5.58. The first-order chi connectivity index (χ1) is 9.18. The van der Waals surface area contributed by atoms with E-state index in [0.29, 0.717) is 5.76 Å². The van der Waals surface area contributed by atoms with E-state index < -0.39 is 10.8 Å². The molecule has 2 aromatic rings. The van der Waals surface area contributed by atoms with Crippen LogP contribution in [-0.2, 0) is 0 Å². The van der Waals surface area contributed by atoms with E-state index in [-0.39, 0.29) is 11.3 Å². The highest BCUT2D eigenvalue weighted by molar-refractivity contribution is 5.98. The van der Waals surface area contributed by atoms with E-state index in [4.69, 9.17) is 4.42 Å². The highest BCUT2D eigenvalue weighted by Gasteiger charge is 2.18. The van der Waals surface area contributed by atoms with E-state index >= 15 is 0 Å². The Labute approximate surface area is 107 Å². The molecule has 0 saturated carbocycles. The molecular weight excluding hydrogens is 250 g/mol. The van der Waals surface area contributed by atoms with Gasteiger partial charge in [0, 0.05) is 6.07 Å². The normalized spacial score (nSPS) is 10.5. The summed E-state index contributed by atoms with van der Waals surface area (Å²) in [6, 6.07) is 8.96. The minimum atomic E-state index is -0.657. The van der Waals surface area contributed by atoms with Gasteiger partial charge in [-0.3, -0.25) is 14.9 Å². The molecule has 0 fully saturated rings. The van der Waals surface area contributed by atoms with Gasteiger partial charge < -0.3 is 4.42 Å². The third kappa shape index (κ3) is 3.03. The Morgan fingerprint density at radius 3 is 2.79 bits per heavy atom. The van der Waals surface area contributed by atoms with E-state index in [0.717, 1.165) is 0 Å². The van der Waals surface area contributed by atoms with Crippen molar-refractivity contribution in [1.82, 2.24) is 5.43 Å². The molecule has 0 aliphatic rings. The van der Waals surface area contributed by atoms with Crippen LogP contribution < -0.4 is 5.43 Å². The number of carbonyl (C=O) groups is 1. The SMILES string of the molecule is O=C(NN=Cc1ccco1)c1ccccc1[N+](=O)[O-]. The second-order valence-corrected chi connectivity index (χ2v) is 3.49. The molecule has 7 heteroatoms. The summed E-state index contributed by atoms with van der Waals surface area (Å²) in [5, 5.41) is 14.4.